The molecule has 0 atom stereocenters. The molecular formula is C5H10O5S. The third-order valence-electron chi connectivity index (χ3n) is 1.11. The van der Waals surface area contributed by atoms with Gasteiger partial charge >= 0.3 is 0 Å². The predicted molar refractivity (Wildman–Crippen MR) is 36.5 cm³/mol. The fraction of sp³-hybridized carbons (Fsp3) is 1.00. The molecule has 1 aliphatic rings. The Balaban J connectivity index is 2.22. The monoisotopic (exact) mass is 182 g/mol. The zero-order valence-corrected chi connectivity index (χ0v) is 6.96. The largest absolute Gasteiger partial charge is 0.348 e. The lowest BCUT2D eigenvalue weighted by atomic mass is 10.7. The first-order chi connectivity index (χ1) is 5.08. The Labute approximate surface area is 65.4 Å². The van der Waals surface area contributed by atoms with Gasteiger partial charge in [0.15, 0.2) is 6.29 Å². The summed E-state index contributed by atoms with van der Waals surface area (Å²) in [6, 6.07) is 0. The number of hydrogen-bond donors (Lipinski definition) is 0. The van der Waals surface area contributed by atoms with Gasteiger partial charge in [-0.2, -0.15) is 8.42 Å². The highest BCUT2D eigenvalue weighted by Crippen LogP contribution is 2.04. The summed E-state index contributed by atoms with van der Waals surface area (Å²) in [5.74, 6) is 0. The van der Waals surface area contributed by atoms with Crippen molar-refractivity contribution in [2.24, 2.45) is 0 Å². The third kappa shape index (κ3) is 3.66. The van der Waals surface area contributed by atoms with Crippen LogP contribution in [-0.4, -0.2) is 40.8 Å². The van der Waals surface area contributed by atoms with Gasteiger partial charge in [0, 0.05) is 0 Å². The highest BCUT2D eigenvalue weighted by molar-refractivity contribution is 7.85. The van der Waals surface area contributed by atoms with Crippen molar-refractivity contribution in [1.82, 2.24) is 0 Å². The second kappa shape index (κ2) is 3.48. The van der Waals surface area contributed by atoms with Crippen LogP contribution in [0.5, 0.6) is 0 Å². The minimum Gasteiger partial charge on any atom is -0.348 e. The van der Waals surface area contributed by atoms with Crippen LogP contribution >= 0.6 is 0 Å². The zero-order chi connectivity index (χ0) is 8.32. The summed E-state index contributed by atoms with van der Waals surface area (Å²) < 4.78 is 35.2. The first kappa shape index (κ1) is 8.92. The Morgan fingerprint density at radius 1 is 1.45 bits per heavy atom. The quantitative estimate of drug-likeness (QED) is 0.542. The minimum atomic E-state index is -3.37. The van der Waals surface area contributed by atoms with Crippen LogP contribution in [0.25, 0.3) is 0 Å². The van der Waals surface area contributed by atoms with Crippen LogP contribution in [-0.2, 0) is 23.8 Å². The van der Waals surface area contributed by atoms with E-state index in [0.29, 0.717) is 13.2 Å². The second-order valence-corrected chi connectivity index (χ2v) is 3.80. The Morgan fingerprint density at radius 3 is 2.45 bits per heavy atom. The predicted octanol–water partition coefficient (Wildman–Crippen LogP) is -0.665. The Morgan fingerprint density at radius 2 is 2.00 bits per heavy atom. The number of ether oxygens (including phenoxy) is 2. The molecule has 1 heterocycles. The lowest BCUT2D eigenvalue weighted by Crippen LogP contribution is -2.18. The average Bonchev–Trinajstić information content (AvgIpc) is 2.32. The minimum absolute atomic E-state index is 0.0567. The molecule has 0 aromatic rings. The van der Waals surface area contributed by atoms with E-state index in [2.05, 4.69) is 4.18 Å². The fourth-order valence-corrected chi connectivity index (χ4v) is 1.04. The molecule has 0 saturated carbocycles. The van der Waals surface area contributed by atoms with E-state index in [1.54, 1.807) is 0 Å². The summed E-state index contributed by atoms with van der Waals surface area (Å²) in [4.78, 5) is 0. The highest BCUT2D eigenvalue weighted by Gasteiger charge is 2.17. The van der Waals surface area contributed by atoms with Gasteiger partial charge in [-0.3, -0.25) is 4.18 Å². The van der Waals surface area contributed by atoms with Crippen LogP contribution in [0.2, 0.25) is 0 Å². The van der Waals surface area contributed by atoms with Gasteiger partial charge in [-0.1, -0.05) is 0 Å². The van der Waals surface area contributed by atoms with Crippen molar-refractivity contribution >= 4 is 10.1 Å². The van der Waals surface area contributed by atoms with Crippen LogP contribution in [0.15, 0.2) is 0 Å². The first-order valence-corrected chi connectivity index (χ1v) is 4.97. The van der Waals surface area contributed by atoms with E-state index in [-0.39, 0.29) is 6.61 Å². The van der Waals surface area contributed by atoms with Crippen molar-refractivity contribution in [1.29, 1.82) is 0 Å². The summed E-state index contributed by atoms with van der Waals surface area (Å²) in [5, 5.41) is 0. The Hall–Kier alpha value is -0.170. The molecule has 0 bridgehead atoms. The van der Waals surface area contributed by atoms with Crippen LogP contribution in [0.1, 0.15) is 0 Å². The molecule has 0 aromatic heterocycles. The second-order valence-electron chi connectivity index (χ2n) is 2.16. The molecule has 0 amide bonds. The molecule has 0 radical (unpaired) electrons. The molecule has 1 fully saturated rings. The fourth-order valence-electron chi connectivity index (χ4n) is 0.683. The molecule has 0 unspecified atom stereocenters. The van der Waals surface area contributed by atoms with Crippen LogP contribution in [0, 0.1) is 0 Å². The van der Waals surface area contributed by atoms with E-state index in [1.165, 1.54) is 0 Å². The summed E-state index contributed by atoms with van der Waals surface area (Å²) in [6.45, 7) is 0.939. The smallest absolute Gasteiger partial charge is 0.264 e. The van der Waals surface area contributed by atoms with E-state index < -0.39 is 16.4 Å². The van der Waals surface area contributed by atoms with E-state index in [4.69, 9.17) is 9.47 Å². The molecule has 6 heteroatoms. The molecule has 11 heavy (non-hydrogen) atoms. The molecule has 1 aliphatic heterocycles. The van der Waals surface area contributed by atoms with Crippen molar-refractivity contribution in [2.45, 2.75) is 6.29 Å². The summed E-state index contributed by atoms with van der Waals surface area (Å²) in [5.41, 5.74) is 0. The molecule has 5 nitrogen and oxygen atoms in total. The Kier molecular flexibility index (Phi) is 2.83. The van der Waals surface area contributed by atoms with Gasteiger partial charge < -0.3 is 9.47 Å². The molecule has 0 N–H and O–H groups in total. The van der Waals surface area contributed by atoms with Crippen molar-refractivity contribution in [3.63, 3.8) is 0 Å². The summed E-state index contributed by atoms with van der Waals surface area (Å²) in [6.07, 6.45) is 0.465. The van der Waals surface area contributed by atoms with Crippen LogP contribution < -0.4 is 0 Å². The van der Waals surface area contributed by atoms with Gasteiger partial charge in [0.2, 0.25) is 0 Å². The molecule has 0 spiro atoms. The normalized spacial score (nSPS) is 20.8. The van der Waals surface area contributed by atoms with Crippen molar-refractivity contribution in [2.75, 3.05) is 26.1 Å². The zero-order valence-electron chi connectivity index (χ0n) is 6.15. The number of hydrogen-bond acceptors (Lipinski definition) is 5. The van der Waals surface area contributed by atoms with Gasteiger partial charge in [0.25, 0.3) is 10.1 Å². The SMILES string of the molecule is CS(=O)(=O)OCC1OCCO1. The maximum absolute atomic E-state index is 10.5. The van der Waals surface area contributed by atoms with Gasteiger partial charge in [0.05, 0.1) is 19.5 Å². The van der Waals surface area contributed by atoms with Gasteiger partial charge in [-0.15, -0.1) is 0 Å². The van der Waals surface area contributed by atoms with E-state index in [0.717, 1.165) is 6.26 Å². The van der Waals surface area contributed by atoms with Crippen molar-refractivity contribution in [3.05, 3.63) is 0 Å². The summed E-state index contributed by atoms with van der Waals surface area (Å²) >= 11 is 0. The average molecular weight is 182 g/mol. The first-order valence-electron chi connectivity index (χ1n) is 3.15. The highest BCUT2D eigenvalue weighted by atomic mass is 32.2. The molecule has 1 saturated heterocycles. The molecule has 1 rings (SSSR count). The van der Waals surface area contributed by atoms with E-state index in [9.17, 15) is 8.42 Å². The lowest BCUT2D eigenvalue weighted by Gasteiger charge is -2.06. The maximum atomic E-state index is 10.5. The molecule has 0 aliphatic carbocycles. The standard InChI is InChI=1S/C5H10O5S/c1-11(6,7)10-4-5-8-2-3-9-5/h5H,2-4H2,1H3. The Bertz CT molecular complexity index is 203. The maximum Gasteiger partial charge on any atom is 0.264 e. The van der Waals surface area contributed by atoms with Crippen LogP contribution in [0.3, 0.4) is 0 Å². The molecule has 66 valence electrons. The van der Waals surface area contributed by atoms with Crippen molar-refractivity contribution < 1.29 is 22.1 Å². The van der Waals surface area contributed by atoms with E-state index >= 15 is 0 Å². The van der Waals surface area contributed by atoms with Crippen molar-refractivity contribution in [3.8, 4) is 0 Å². The lowest BCUT2D eigenvalue weighted by molar-refractivity contribution is -0.0670. The number of rotatable bonds is 3. The molecule has 0 aromatic carbocycles. The van der Waals surface area contributed by atoms with Gasteiger partial charge in [0.1, 0.15) is 6.61 Å². The van der Waals surface area contributed by atoms with Gasteiger partial charge in [-0.05, 0) is 0 Å². The van der Waals surface area contributed by atoms with Gasteiger partial charge in [-0.25, -0.2) is 0 Å². The van der Waals surface area contributed by atoms with Crippen LogP contribution in [0.4, 0.5) is 0 Å². The topological polar surface area (TPSA) is 61.8 Å². The summed E-state index contributed by atoms with van der Waals surface area (Å²) in [7, 11) is -3.37. The molecular weight excluding hydrogens is 172 g/mol. The third-order valence-corrected chi connectivity index (χ3v) is 1.67. The van der Waals surface area contributed by atoms with E-state index in [1.807, 2.05) is 0 Å².